The predicted molar refractivity (Wildman–Crippen MR) is 67.1 cm³/mol. The van der Waals surface area contributed by atoms with E-state index in [2.05, 4.69) is 12.4 Å². The van der Waals surface area contributed by atoms with Crippen LogP contribution in [0.3, 0.4) is 0 Å². The van der Waals surface area contributed by atoms with Gasteiger partial charge in [0.1, 0.15) is 0 Å². The van der Waals surface area contributed by atoms with Crippen molar-refractivity contribution in [1.82, 2.24) is 5.32 Å². The van der Waals surface area contributed by atoms with Crippen molar-refractivity contribution in [2.45, 2.75) is 56.6 Å². The third-order valence-corrected chi connectivity index (χ3v) is 5.48. The Morgan fingerprint density at radius 1 is 1.06 bits per heavy atom. The highest BCUT2D eigenvalue weighted by atomic mass is 16.5. The summed E-state index contributed by atoms with van der Waals surface area (Å²) >= 11 is 0. The smallest absolute Gasteiger partial charge is 0.0754 e. The van der Waals surface area contributed by atoms with Crippen LogP contribution < -0.4 is 5.32 Å². The molecule has 3 heteroatoms. The fourth-order valence-corrected chi connectivity index (χ4v) is 4.42. The van der Waals surface area contributed by atoms with Gasteiger partial charge in [0.15, 0.2) is 0 Å². The van der Waals surface area contributed by atoms with Gasteiger partial charge in [0, 0.05) is 31.3 Å². The summed E-state index contributed by atoms with van der Waals surface area (Å²) < 4.78 is 11.9. The molecule has 3 rings (SSSR count). The minimum atomic E-state index is 0.169. The van der Waals surface area contributed by atoms with E-state index in [4.69, 9.17) is 9.47 Å². The van der Waals surface area contributed by atoms with E-state index >= 15 is 0 Å². The van der Waals surface area contributed by atoms with E-state index in [1.165, 1.54) is 44.9 Å². The Morgan fingerprint density at radius 3 is 2.65 bits per heavy atom. The first-order chi connectivity index (χ1) is 8.30. The Balaban J connectivity index is 1.83. The molecule has 0 radical (unpaired) electrons. The molecule has 2 unspecified atom stereocenters. The van der Waals surface area contributed by atoms with Crippen molar-refractivity contribution in [2.75, 3.05) is 26.9 Å². The third kappa shape index (κ3) is 1.83. The molecule has 3 fully saturated rings. The molecule has 3 aliphatic rings. The molecule has 2 spiro atoms. The fourth-order valence-electron chi connectivity index (χ4n) is 4.42. The van der Waals surface area contributed by atoms with Crippen molar-refractivity contribution in [3.05, 3.63) is 0 Å². The van der Waals surface area contributed by atoms with Crippen LogP contribution in [0.2, 0.25) is 0 Å². The Labute approximate surface area is 104 Å². The van der Waals surface area contributed by atoms with Crippen molar-refractivity contribution >= 4 is 0 Å². The molecule has 0 bridgehead atoms. The van der Waals surface area contributed by atoms with Crippen molar-refractivity contribution in [3.63, 3.8) is 0 Å². The van der Waals surface area contributed by atoms with Gasteiger partial charge in [-0.15, -0.1) is 0 Å². The van der Waals surface area contributed by atoms with E-state index in [0.29, 0.717) is 11.5 Å². The lowest BCUT2D eigenvalue weighted by Gasteiger charge is -2.51. The molecular weight excluding hydrogens is 214 g/mol. The predicted octanol–water partition coefficient (Wildman–Crippen LogP) is 2.10. The Morgan fingerprint density at radius 2 is 1.88 bits per heavy atom. The normalized spacial score (nSPS) is 41.1. The van der Waals surface area contributed by atoms with Gasteiger partial charge in [-0.3, -0.25) is 0 Å². The van der Waals surface area contributed by atoms with Gasteiger partial charge in [-0.25, -0.2) is 0 Å². The highest BCUT2D eigenvalue weighted by molar-refractivity contribution is 5.08. The lowest BCUT2D eigenvalue weighted by atomic mass is 9.65. The van der Waals surface area contributed by atoms with Gasteiger partial charge < -0.3 is 14.8 Å². The van der Waals surface area contributed by atoms with Gasteiger partial charge in [0.05, 0.1) is 5.60 Å². The number of fused-ring (bicyclic) bond motifs is 1. The lowest BCUT2D eigenvalue weighted by Crippen LogP contribution is -2.55. The van der Waals surface area contributed by atoms with Gasteiger partial charge >= 0.3 is 0 Å². The number of hydrogen-bond acceptors (Lipinski definition) is 3. The minimum absolute atomic E-state index is 0.169. The van der Waals surface area contributed by atoms with E-state index in [9.17, 15) is 0 Å². The van der Waals surface area contributed by atoms with E-state index in [1.54, 1.807) is 0 Å². The Hall–Kier alpha value is -0.120. The van der Waals surface area contributed by atoms with Crippen LogP contribution in [-0.4, -0.2) is 38.5 Å². The van der Waals surface area contributed by atoms with Crippen LogP contribution in [0.25, 0.3) is 0 Å². The van der Waals surface area contributed by atoms with Crippen molar-refractivity contribution in [1.29, 1.82) is 0 Å². The first kappa shape index (κ1) is 11.9. The molecule has 3 nitrogen and oxygen atoms in total. The molecule has 0 amide bonds. The first-order valence-electron chi connectivity index (χ1n) is 7.19. The molecule has 0 aromatic heterocycles. The second kappa shape index (κ2) is 4.52. The van der Waals surface area contributed by atoms with Crippen molar-refractivity contribution in [3.8, 4) is 0 Å². The van der Waals surface area contributed by atoms with Crippen LogP contribution in [0.4, 0.5) is 0 Å². The van der Waals surface area contributed by atoms with Crippen LogP contribution >= 0.6 is 0 Å². The Kier molecular flexibility index (Phi) is 3.18. The maximum atomic E-state index is 6.36. The Bertz CT molecular complexity index is 275. The molecule has 2 atom stereocenters. The molecule has 1 saturated carbocycles. The summed E-state index contributed by atoms with van der Waals surface area (Å²) in [6.45, 7) is 2.82. The minimum Gasteiger partial charge on any atom is -0.381 e. The van der Waals surface area contributed by atoms with Crippen molar-refractivity contribution < 1.29 is 9.47 Å². The van der Waals surface area contributed by atoms with Crippen molar-refractivity contribution in [2.24, 2.45) is 5.41 Å². The molecular formula is C14H25NO2. The average Bonchev–Trinajstić information content (AvgIpc) is 2.69. The fraction of sp³-hybridized carbons (Fsp3) is 1.00. The molecule has 1 N–H and O–H groups in total. The van der Waals surface area contributed by atoms with E-state index in [-0.39, 0.29) is 5.60 Å². The summed E-state index contributed by atoms with van der Waals surface area (Å²) in [6.07, 6.45) is 8.77. The monoisotopic (exact) mass is 239 g/mol. The molecule has 0 aromatic rings. The van der Waals surface area contributed by atoms with Crippen LogP contribution in [0.15, 0.2) is 0 Å². The summed E-state index contributed by atoms with van der Waals surface area (Å²) in [5.74, 6) is 0. The summed E-state index contributed by atoms with van der Waals surface area (Å²) in [5, 5.41) is 3.47. The highest BCUT2D eigenvalue weighted by Gasteiger charge is 2.57. The van der Waals surface area contributed by atoms with Crippen LogP contribution in [0.5, 0.6) is 0 Å². The topological polar surface area (TPSA) is 30.5 Å². The molecule has 1 aliphatic carbocycles. The second-order valence-corrected chi connectivity index (χ2v) is 6.07. The number of nitrogens with one attached hydrogen (secondary N) is 1. The number of hydrogen-bond donors (Lipinski definition) is 1. The molecule has 98 valence electrons. The average molecular weight is 239 g/mol. The van der Waals surface area contributed by atoms with Gasteiger partial charge in [-0.1, -0.05) is 0 Å². The summed E-state index contributed by atoms with van der Waals surface area (Å²) in [7, 11) is 2.09. The number of ether oxygens (including phenoxy) is 2. The van der Waals surface area contributed by atoms with Gasteiger partial charge in [0.25, 0.3) is 0 Å². The molecule has 2 heterocycles. The van der Waals surface area contributed by atoms with Crippen LogP contribution in [0.1, 0.15) is 44.9 Å². The first-order valence-corrected chi connectivity index (χ1v) is 7.19. The second-order valence-electron chi connectivity index (χ2n) is 6.07. The van der Waals surface area contributed by atoms with Gasteiger partial charge in [-0.2, -0.15) is 0 Å². The maximum absolute atomic E-state index is 6.36. The standard InChI is InChI=1S/C14H25NO2/c1-15-12-3-8-17-14(11-12)5-2-4-13(14)6-9-16-10-7-13/h12,15H,2-11H2,1H3. The largest absolute Gasteiger partial charge is 0.381 e. The van der Waals surface area contributed by atoms with Gasteiger partial charge in [0.2, 0.25) is 0 Å². The van der Waals surface area contributed by atoms with E-state index in [0.717, 1.165) is 19.8 Å². The molecule has 2 saturated heterocycles. The zero-order chi connectivity index (χ0) is 11.8. The zero-order valence-corrected chi connectivity index (χ0v) is 11.0. The lowest BCUT2D eigenvalue weighted by molar-refractivity contribution is -0.176. The maximum Gasteiger partial charge on any atom is 0.0754 e. The summed E-state index contributed by atoms with van der Waals surface area (Å²) in [6, 6.07) is 0.654. The van der Waals surface area contributed by atoms with E-state index in [1.807, 2.05) is 0 Å². The number of rotatable bonds is 1. The summed E-state index contributed by atoms with van der Waals surface area (Å²) in [5.41, 5.74) is 0.601. The summed E-state index contributed by atoms with van der Waals surface area (Å²) in [4.78, 5) is 0. The quantitative estimate of drug-likeness (QED) is 0.760. The third-order valence-electron chi connectivity index (χ3n) is 5.48. The van der Waals surface area contributed by atoms with Crippen LogP contribution in [-0.2, 0) is 9.47 Å². The SMILES string of the molecule is CNC1CCOC2(CCCC23CCOCC3)C1. The van der Waals surface area contributed by atoms with E-state index < -0.39 is 0 Å². The van der Waals surface area contributed by atoms with Crippen LogP contribution in [0, 0.1) is 5.41 Å². The highest BCUT2D eigenvalue weighted by Crippen LogP contribution is 2.57. The zero-order valence-electron chi connectivity index (χ0n) is 11.0. The van der Waals surface area contributed by atoms with Gasteiger partial charge in [-0.05, 0) is 52.0 Å². The molecule has 0 aromatic carbocycles. The molecule has 2 aliphatic heterocycles. The molecule has 17 heavy (non-hydrogen) atoms.